The molecule has 0 spiro atoms. The molecule has 0 aliphatic heterocycles. The number of rotatable bonds is 4. The highest BCUT2D eigenvalue weighted by molar-refractivity contribution is 9.10. The van der Waals surface area contributed by atoms with E-state index in [1.807, 2.05) is 24.5 Å². The Kier molecular flexibility index (Phi) is 4.60. The minimum atomic E-state index is 0.436. The van der Waals surface area contributed by atoms with E-state index < -0.39 is 0 Å². The first-order valence-corrected chi connectivity index (χ1v) is 7.76. The molecule has 0 bridgehead atoms. The molecular formula is C15H18BrNS. The summed E-state index contributed by atoms with van der Waals surface area (Å²) in [5.74, 6) is 0.598. The van der Waals surface area contributed by atoms with Crippen LogP contribution in [0.15, 0.2) is 40.9 Å². The first-order valence-electron chi connectivity index (χ1n) is 6.15. The molecule has 1 unspecified atom stereocenters. The zero-order chi connectivity index (χ0) is 13.1. The van der Waals surface area contributed by atoms with Gasteiger partial charge < -0.3 is 5.32 Å². The first-order chi connectivity index (χ1) is 8.63. The van der Waals surface area contributed by atoms with Crippen LogP contribution in [0.25, 0.3) is 10.4 Å². The van der Waals surface area contributed by atoms with Crippen molar-refractivity contribution in [1.82, 2.24) is 5.32 Å². The molecule has 0 radical (unpaired) electrons. The minimum absolute atomic E-state index is 0.436. The lowest BCUT2D eigenvalue weighted by atomic mass is 10.0. The number of thiophene rings is 1. The fourth-order valence-corrected chi connectivity index (χ4v) is 4.09. The van der Waals surface area contributed by atoms with E-state index in [2.05, 4.69) is 65.4 Å². The lowest BCUT2D eigenvalue weighted by Gasteiger charge is -2.18. The van der Waals surface area contributed by atoms with E-state index in [1.165, 1.54) is 15.3 Å². The molecule has 18 heavy (non-hydrogen) atoms. The van der Waals surface area contributed by atoms with E-state index in [9.17, 15) is 0 Å². The molecule has 1 aromatic heterocycles. The lowest BCUT2D eigenvalue weighted by Crippen LogP contribution is -2.20. The molecule has 0 saturated carbocycles. The van der Waals surface area contributed by atoms with Crippen LogP contribution in [0.2, 0.25) is 0 Å². The third kappa shape index (κ3) is 2.85. The van der Waals surface area contributed by atoms with E-state index in [-0.39, 0.29) is 0 Å². The van der Waals surface area contributed by atoms with E-state index in [1.54, 1.807) is 0 Å². The van der Waals surface area contributed by atoms with Crippen LogP contribution in [-0.4, -0.2) is 7.05 Å². The summed E-state index contributed by atoms with van der Waals surface area (Å²) < 4.78 is 1.16. The molecule has 1 aromatic carbocycles. The number of nitrogens with one attached hydrogen (secondary N) is 1. The van der Waals surface area contributed by atoms with Gasteiger partial charge in [-0.2, -0.15) is 0 Å². The zero-order valence-electron chi connectivity index (χ0n) is 10.9. The molecule has 1 nitrogen and oxygen atoms in total. The minimum Gasteiger partial charge on any atom is -0.312 e. The third-order valence-corrected chi connectivity index (χ3v) is 4.94. The highest BCUT2D eigenvalue weighted by Crippen LogP contribution is 2.36. The largest absolute Gasteiger partial charge is 0.312 e. The quantitative estimate of drug-likeness (QED) is 0.825. The van der Waals surface area contributed by atoms with Gasteiger partial charge in [-0.05, 0) is 31.2 Å². The Bertz CT molecular complexity index is 519. The summed E-state index contributed by atoms with van der Waals surface area (Å²) in [4.78, 5) is 2.72. The standard InChI is InChI=1S/C15H18BrNS/c1-10(2)15(17-3)14-9-8-13(18-14)11-6-4-5-7-12(11)16/h4-10,15,17H,1-3H3. The van der Waals surface area contributed by atoms with Crippen molar-refractivity contribution in [2.75, 3.05) is 7.05 Å². The van der Waals surface area contributed by atoms with E-state index in [0.717, 1.165) is 4.47 Å². The van der Waals surface area contributed by atoms with Crippen LogP contribution in [0.5, 0.6) is 0 Å². The second kappa shape index (κ2) is 6.00. The predicted octanol–water partition coefficient (Wildman–Crippen LogP) is 5.09. The van der Waals surface area contributed by atoms with Crippen LogP contribution >= 0.6 is 27.3 Å². The molecule has 2 aromatic rings. The zero-order valence-corrected chi connectivity index (χ0v) is 13.3. The van der Waals surface area contributed by atoms with Gasteiger partial charge in [-0.15, -0.1) is 11.3 Å². The van der Waals surface area contributed by atoms with Gasteiger partial charge in [0, 0.05) is 25.8 Å². The molecule has 0 amide bonds. The molecule has 0 saturated heterocycles. The highest BCUT2D eigenvalue weighted by Gasteiger charge is 2.16. The van der Waals surface area contributed by atoms with Crippen molar-refractivity contribution in [3.8, 4) is 10.4 Å². The molecule has 0 aliphatic carbocycles. The molecule has 1 atom stereocenters. The van der Waals surface area contributed by atoms with Crippen molar-refractivity contribution in [2.45, 2.75) is 19.9 Å². The van der Waals surface area contributed by atoms with E-state index in [4.69, 9.17) is 0 Å². The maximum absolute atomic E-state index is 3.62. The Morgan fingerprint density at radius 1 is 1.11 bits per heavy atom. The van der Waals surface area contributed by atoms with Crippen LogP contribution in [0.1, 0.15) is 24.8 Å². The van der Waals surface area contributed by atoms with Crippen molar-refractivity contribution < 1.29 is 0 Å². The third-order valence-electron chi connectivity index (χ3n) is 3.05. The Labute approximate surface area is 121 Å². The second-order valence-electron chi connectivity index (χ2n) is 4.69. The number of benzene rings is 1. The predicted molar refractivity (Wildman–Crippen MR) is 84.1 cm³/mol. The van der Waals surface area contributed by atoms with Gasteiger partial charge in [0.15, 0.2) is 0 Å². The van der Waals surface area contributed by atoms with Gasteiger partial charge in [0.05, 0.1) is 0 Å². The maximum atomic E-state index is 3.62. The fourth-order valence-electron chi connectivity index (χ4n) is 2.13. The molecule has 96 valence electrons. The van der Waals surface area contributed by atoms with E-state index in [0.29, 0.717) is 12.0 Å². The molecule has 2 rings (SSSR count). The normalized spacial score (nSPS) is 12.9. The van der Waals surface area contributed by atoms with Gasteiger partial charge >= 0.3 is 0 Å². The first kappa shape index (κ1) is 13.8. The van der Waals surface area contributed by atoms with Crippen molar-refractivity contribution in [2.24, 2.45) is 5.92 Å². The summed E-state index contributed by atoms with van der Waals surface area (Å²) in [5, 5.41) is 3.40. The Hall–Kier alpha value is -0.640. The van der Waals surface area contributed by atoms with Gasteiger partial charge in [0.25, 0.3) is 0 Å². The van der Waals surface area contributed by atoms with Crippen LogP contribution in [0, 0.1) is 5.92 Å². The summed E-state index contributed by atoms with van der Waals surface area (Å²) in [6.45, 7) is 4.50. The van der Waals surface area contributed by atoms with Gasteiger partial charge in [-0.1, -0.05) is 48.0 Å². The summed E-state index contributed by atoms with van der Waals surface area (Å²) in [7, 11) is 2.03. The second-order valence-corrected chi connectivity index (χ2v) is 6.66. The topological polar surface area (TPSA) is 12.0 Å². The van der Waals surface area contributed by atoms with Crippen molar-refractivity contribution in [3.63, 3.8) is 0 Å². The van der Waals surface area contributed by atoms with Crippen LogP contribution in [-0.2, 0) is 0 Å². The Morgan fingerprint density at radius 2 is 1.83 bits per heavy atom. The maximum Gasteiger partial charge on any atom is 0.0435 e. The van der Waals surface area contributed by atoms with Gasteiger partial charge in [-0.3, -0.25) is 0 Å². The average Bonchev–Trinajstić information content (AvgIpc) is 2.79. The van der Waals surface area contributed by atoms with E-state index >= 15 is 0 Å². The molecule has 0 aliphatic rings. The highest BCUT2D eigenvalue weighted by atomic mass is 79.9. The summed E-state index contributed by atoms with van der Waals surface area (Å²) in [6.07, 6.45) is 0. The Morgan fingerprint density at radius 3 is 2.44 bits per heavy atom. The molecule has 3 heteroatoms. The number of halogens is 1. The Balaban J connectivity index is 2.34. The van der Waals surface area contributed by atoms with Crippen molar-refractivity contribution in [1.29, 1.82) is 0 Å². The lowest BCUT2D eigenvalue weighted by molar-refractivity contribution is 0.449. The summed E-state index contributed by atoms with van der Waals surface area (Å²) in [5.41, 5.74) is 1.27. The molecule has 1 N–H and O–H groups in total. The molecule has 1 heterocycles. The fraction of sp³-hybridized carbons (Fsp3) is 0.333. The van der Waals surface area contributed by atoms with Crippen LogP contribution in [0.4, 0.5) is 0 Å². The van der Waals surface area contributed by atoms with Crippen LogP contribution in [0.3, 0.4) is 0 Å². The van der Waals surface area contributed by atoms with Crippen molar-refractivity contribution >= 4 is 27.3 Å². The number of hydrogen-bond acceptors (Lipinski definition) is 2. The number of hydrogen-bond donors (Lipinski definition) is 1. The van der Waals surface area contributed by atoms with Gasteiger partial charge in [-0.25, -0.2) is 0 Å². The van der Waals surface area contributed by atoms with Gasteiger partial charge in [0.1, 0.15) is 0 Å². The van der Waals surface area contributed by atoms with Crippen molar-refractivity contribution in [3.05, 3.63) is 45.7 Å². The smallest absolute Gasteiger partial charge is 0.0435 e. The van der Waals surface area contributed by atoms with Gasteiger partial charge in [0.2, 0.25) is 0 Å². The summed E-state index contributed by atoms with van der Waals surface area (Å²) >= 11 is 5.48. The molecule has 0 fully saturated rings. The average molecular weight is 324 g/mol. The van der Waals surface area contributed by atoms with Crippen LogP contribution < -0.4 is 5.32 Å². The summed E-state index contributed by atoms with van der Waals surface area (Å²) in [6, 6.07) is 13.3. The monoisotopic (exact) mass is 323 g/mol. The SMILES string of the molecule is CNC(c1ccc(-c2ccccc2Br)s1)C(C)C. The molecular weight excluding hydrogens is 306 g/mol.